The van der Waals surface area contributed by atoms with Crippen LogP contribution in [0, 0.1) is 0 Å². The van der Waals surface area contributed by atoms with E-state index in [9.17, 15) is 24.0 Å². The van der Waals surface area contributed by atoms with Gasteiger partial charge >= 0.3 is 0 Å². The van der Waals surface area contributed by atoms with Crippen LogP contribution in [0.4, 0.5) is 0 Å². The highest BCUT2D eigenvalue weighted by Crippen LogP contribution is 2.16. The second kappa shape index (κ2) is 9.03. The molecule has 2 N–H and O–H groups in total. The summed E-state index contributed by atoms with van der Waals surface area (Å²) < 4.78 is 1.19. The zero-order chi connectivity index (χ0) is 23.5. The summed E-state index contributed by atoms with van der Waals surface area (Å²) in [5.74, 6) is -1.64. The van der Waals surface area contributed by atoms with Crippen molar-refractivity contribution < 1.29 is 19.2 Å². The number of aromatic nitrogens is 2. The molecule has 3 aromatic rings. The number of hydrogen-bond acceptors (Lipinski definition) is 6. The summed E-state index contributed by atoms with van der Waals surface area (Å²) in [6, 6.07) is 13.0. The maximum Gasteiger partial charge on any atom is 0.290 e. The molecule has 2 aromatic carbocycles. The maximum atomic E-state index is 12.7. The third-order valence-electron chi connectivity index (χ3n) is 5.38. The number of rotatable bonds is 5. The number of benzene rings is 2. The summed E-state index contributed by atoms with van der Waals surface area (Å²) in [5, 5.41) is 4.86. The van der Waals surface area contributed by atoms with Crippen molar-refractivity contribution in [2.24, 2.45) is 0 Å². The van der Waals surface area contributed by atoms with Crippen molar-refractivity contribution in [2.45, 2.75) is 32.9 Å². The molecule has 10 nitrogen and oxygen atoms in total. The monoisotopic (exact) mass is 447 g/mol. The highest BCUT2D eigenvalue weighted by atomic mass is 16.2. The molecule has 0 radical (unpaired) electrons. The van der Waals surface area contributed by atoms with Crippen LogP contribution in [0.2, 0.25) is 0 Å². The Morgan fingerprint density at radius 2 is 1.48 bits per heavy atom. The lowest BCUT2D eigenvalue weighted by atomic mass is 10.1. The number of nitrogens with one attached hydrogen (secondary N) is 2. The smallest absolute Gasteiger partial charge is 0.278 e. The molecule has 1 saturated heterocycles. The Morgan fingerprint density at radius 1 is 0.879 bits per heavy atom. The van der Waals surface area contributed by atoms with Gasteiger partial charge in [0, 0.05) is 30.3 Å². The lowest BCUT2D eigenvalue weighted by Gasteiger charge is -2.14. The van der Waals surface area contributed by atoms with Gasteiger partial charge in [-0.25, -0.2) is 4.68 Å². The molecular weight excluding hydrogens is 426 g/mol. The number of amides is 4. The number of hydrogen-bond donors (Lipinski definition) is 2. The quantitative estimate of drug-likeness (QED) is 0.446. The van der Waals surface area contributed by atoms with Crippen LogP contribution in [-0.2, 0) is 22.7 Å². The van der Waals surface area contributed by atoms with Gasteiger partial charge in [0.05, 0.1) is 11.9 Å². The van der Waals surface area contributed by atoms with Gasteiger partial charge in [-0.15, -0.1) is 0 Å². The van der Waals surface area contributed by atoms with Crippen molar-refractivity contribution in [1.82, 2.24) is 25.5 Å². The van der Waals surface area contributed by atoms with Crippen molar-refractivity contribution in [3.8, 4) is 0 Å². The van der Waals surface area contributed by atoms with Crippen LogP contribution in [-0.4, -0.2) is 38.3 Å². The van der Waals surface area contributed by atoms with E-state index in [1.165, 1.54) is 21.7 Å². The summed E-state index contributed by atoms with van der Waals surface area (Å²) >= 11 is 0. The summed E-state index contributed by atoms with van der Waals surface area (Å²) in [6.45, 7) is 2.19. The second-order valence-electron chi connectivity index (χ2n) is 7.49. The van der Waals surface area contributed by atoms with E-state index in [1.54, 1.807) is 43.3 Å². The van der Waals surface area contributed by atoms with Crippen molar-refractivity contribution in [2.75, 3.05) is 0 Å². The lowest BCUT2D eigenvalue weighted by molar-refractivity contribution is -0.139. The number of likely N-dealkylation sites (tertiary alicyclic amines) is 1. The van der Waals surface area contributed by atoms with Crippen LogP contribution in [0.25, 0.3) is 10.8 Å². The fourth-order valence-corrected chi connectivity index (χ4v) is 3.61. The van der Waals surface area contributed by atoms with Gasteiger partial charge < -0.3 is 0 Å². The van der Waals surface area contributed by atoms with E-state index < -0.39 is 11.8 Å². The average Bonchev–Trinajstić information content (AvgIpc) is 3.15. The van der Waals surface area contributed by atoms with Gasteiger partial charge in [-0.2, -0.15) is 5.10 Å². The number of fused-ring (bicyclic) bond motifs is 1. The Bertz CT molecular complexity index is 1310. The molecule has 33 heavy (non-hydrogen) atoms. The molecule has 1 aliphatic heterocycles. The molecule has 1 aromatic heterocycles. The topological polar surface area (TPSA) is 130 Å². The van der Waals surface area contributed by atoms with Crippen molar-refractivity contribution in [3.63, 3.8) is 0 Å². The third kappa shape index (κ3) is 4.36. The number of carbonyl (C=O) groups excluding carboxylic acids is 4. The molecule has 0 spiro atoms. The van der Waals surface area contributed by atoms with Crippen molar-refractivity contribution >= 4 is 34.4 Å². The molecule has 4 rings (SSSR count). The van der Waals surface area contributed by atoms with E-state index in [2.05, 4.69) is 16.0 Å². The first kappa shape index (κ1) is 21.9. The van der Waals surface area contributed by atoms with Gasteiger partial charge in [0.25, 0.3) is 17.4 Å². The zero-order valence-corrected chi connectivity index (χ0v) is 17.8. The number of aryl methyl sites for hydroxylation is 1. The first-order valence-corrected chi connectivity index (χ1v) is 10.4. The number of imide groups is 1. The third-order valence-corrected chi connectivity index (χ3v) is 5.38. The number of nitrogens with zero attached hydrogens (tertiary/aromatic N) is 3. The Morgan fingerprint density at radius 3 is 2.12 bits per heavy atom. The largest absolute Gasteiger partial charge is 0.290 e. The van der Waals surface area contributed by atoms with Crippen LogP contribution in [0.3, 0.4) is 0 Å². The zero-order valence-electron chi connectivity index (χ0n) is 17.8. The predicted molar refractivity (Wildman–Crippen MR) is 118 cm³/mol. The van der Waals surface area contributed by atoms with Crippen molar-refractivity contribution in [3.05, 3.63) is 75.7 Å². The molecule has 10 heteroatoms. The molecule has 2 heterocycles. The first-order valence-electron chi connectivity index (χ1n) is 10.4. The van der Waals surface area contributed by atoms with E-state index in [0.717, 1.165) is 0 Å². The molecule has 1 fully saturated rings. The molecule has 168 valence electrons. The van der Waals surface area contributed by atoms with Gasteiger partial charge in [-0.05, 0) is 30.7 Å². The lowest BCUT2D eigenvalue weighted by Crippen LogP contribution is -2.42. The fourth-order valence-electron chi connectivity index (χ4n) is 3.61. The van der Waals surface area contributed by atoms with Crippen molar-refractivity contribution in [1.29, 1.82) is 0 Å². The highest BCUT2D eigenvalue weighted by molar-refractivity contribution is 6.06. The molecule has 0 aliphatic carbocycles. The highest BCUT2D eigenvalue weighted by Gasteiger charge is 2.28. The molecule has 4 amide bonds. The van der Waals surface area contributed by atoms with E-state index in [-0.39, 0.29) is 54.6 Å². The summed E-state index contributed by atoms with van der Waals surface area (Å²) in [4.78, 5) is 62.3. The molecule has 1 aliphatic rings. The Labute approximate surface area is 188 Å². The predicted octanol–water partition coefficient (Wildman–Crippen LogP) is 1.14. The van der Waals surface area contributed by atoms with E-state index in [1.807, 2.05) is 0 Å². The van der Waals surface area contributed by atoms with Gasteiger partial charge in [-0.1, -0.05) is 30.3 Å². The van der Waals surface area contributed by atoms with E-state index >= 15 is 0 Å². The van der Waals surface area contributed by atoms with E-state index in [0.29, 0.717) is 16.3 Å². The SMILES string of the molecule is CCn1nc(C(=O)NNC(=O)c2ccc(CN3C(=O)CCC3=O)cc2)c2ccccc2c1=O. The molecule has 0 bridgehead atoms. The number of carbonyl (C=O) groups is 4. The van der Waals surface area contributed by atoms with Crippen LogP contribution in [0.15, 0.2) is 53.3 Å². The normalized spacial score (nSPS) is 13.4. The van der Waals surface area contributed by atoms with Gasteiger partial charge in [0.1, 0.15) is 0 Å². The Kier molecular flexibility index (Phi) is 5.99. The average molecular weight is 447 g/mol. The maximum absolute atomic E-state index is 12.7. The number of hydrazine groups is 1. The molecule has 0 unspecified atom stereocenters. The van der Waals surface area contributed by atoms with E-state index in [4.69, 9.17) is 0 Å². The minimum Gasteiger partial charge on any atom is -0.278 e. The summed E-state index contributed by atoms with van der Waals surface area (Å²) in [5.41, 5.74) is 5.36. The minimum absolute atomic E-state index is 0.0163. The van der Waals surface area contributed by atoms with Crippen LogP contribution < -0.4 is 16.4 Å². The Hall–Kier alpha value is -4.34. The minimum atomic E-state index is -0.663. The van der Waals surface area contributed by atoms with Gasteiger partial charge in [-0.3, -0.25) is 39.7 Å². The van der Waals surface area contributed by atoms with Crippen LogP contribution in [0.5, 0.6) is 0 Å². The first-order chi connectivity index (χ1) is 15.9. The van der Waals surface area contributed by atoms with Crippen LogP contribution in [0.1, 0.15) is 46.2 Å². The van der Waals surface area contributed by atoms with Gasteiger partial charge in [0.15, 0.2) is 5.69 Å². The molecule has 0 saturated carbocycles. The second-order valence-corrected chi connectivity index (χ2v) is 7.49. The van der Waals surface area contributed by atoms with Crippen LogP contribution >= 0.6 is 0 Å². The Balaban J connectivity index is 1.44. The summed E-state index contributed by atoms with van der Waals surface area (Å²) in [7, 11) is 0. The standard InChI is InChI=1S/C23H21N5O5/c1-2-28-23(33)17-6-4-3-5-16(17)20(26-28)22(32)25-24-21(31)15-9-7-14(8-10-15)13-27-18(29)11-12-19(27)30/h3-10H,2,11-13H2,1H3,(H,24,31)(H,25,32). The molecule has 0 atom stereocenters. The fraction of sp³-hybridized carbons (Fsp3) is 0.217. The molecular formula is C23H21N5O5. The summed E-state index contributed by atoms with van der Waals surface area (Å²) in [6.07, 6.45) is 0.442. The van der Waals surface area contributed by atoms with Gasteiger partial charge in [0.2, 0.25) is 11.8 Å².